The smallest absolute Gasteiger partial charge is 0.271 e. The monoisotopic (exact) mass is 330 g/mol. The second-order valence-corrected chi connectivity index (χ2v) is 6.14. The number of benzene rings is 1. The Bertz CT molecular complexity index is 695. The Labute approximate surface area is 140 Å². The van der Waals surface area contributed by atoms with Gasteiger partial charge in [0.25, 0.3) is 5.69 Å². The van der Waals surface area contributed by atoms with Crippen molar-refractivity contribution in [2.75, 3.05) is 6.54 Å². The van der Waals surface area contributed by atoms with Gasteiger partial charge in [-0.1, -0.05) is 32.3 Å². The van der Waals surface area contributed by atoms with Crippen LogP contribution < -0.4 is 0 Å². The highest BCUT2D eigenvalue weighted by atomic mass is 16.6. The third kappa shape index (κ3) is 3.59. The fourth-order valence-electron chi connectivity index (χ4n) is 3.37. The summed E-state index contributed by atoms with van der Waals surface area (Å²) in [4.78, 5) is 13.0. The molecule has 1 aliphatic rings. The molecule has 2 aromatic rings. The Morgan fingerprint density at radius 1 is 1.33 bits per heavy atom. The largest absolute Gasteiger partial charge is 0.293 e. The first kappa shape index (κ1) is 16.5. The number of aromatic nitrogens is 4. The summed E-state index contributed by atoms with van der Waals surface area (Å²) in [7, 11) is 0. The van der Waals surface area contributed by atoms with E-state index in [1.54, 1.807) is 16.8 Å². The molecular weight excluding hydrogens is 308 g/mol. The summed E-state index contributed by atoms with van der Waals surface area (Å²) in [5.41, 5.74) is 0.650. The SMILES string of the molecule is CCN(Cc1nnnn1-c1cccc([N+](=O)[O-])c1)C1CCCCC1. The topological polar surface area (TPSA) is 90.0 Å². The average molecular weight is 330 g/mol. The zero-order chi connectivity index (χ0) is 16.9. The van der Waals surface area contributed by atoms with Crippen molar-refractivity contribution in [2.24, 2.45) is 0 Å². The van der Waals surface area contributed by atoms with Crippen molar-refractivity contribution in [1.29, 1.82) is 0 Å². The molecule has 128 valence electrons. The van der Waals surface area contributed by atoms with E-state index in [2.05, 4.69) is 27.3 Å². The first-order valence-electron chi connectivity index (χ1n) is 8.45. The van der Waals surface area contributed by atoms with Crippen molar-refractivity contribution in [2.45, 2.75) is 51.6 Å². The molecule has 0 spiro atoms. The number of rotatable bonds is 6. The first-order valence-corrected chi connectivity index (χ1v) is 8.45. The molecule has 0 radical (unpaired) electrons. The second kappa shape index (κ2) is 7.48. The van der Waals surface area contributed by atoms with Crippen LogP contribution in [0.3, 0.4) is 0 Å². The van der Waals surface area contributed by atoms with Gasteiger partial charge in [-0.05, 0) is 35.9 Å². The maximum Gasteiger partial charge on any atom is 0.271 e. The summed E-state index contributed by atoms with van der Waals surface area (Å²) in [6, 6.07) is 6.96. The lowest BCUT2D eigenvalue weighted by Gasteiger charge is -2.32. The van der Waals surface area contributed by atoms with E-state index in [1.807, 2.05) is 0 Å². The Morgan fingerprint density at radius 2 is 2.12 bits per heavy atom. The van der Waals surface area contributed by atoms with Crippen LogP contribution in [0.5, 0.6) is 0 Å². The van der Waals surface area contributed by atoms with Gasteiger partial charge in [-0.15, -0.1) is 5.10 Å². The summed E-state index contributed by atoms with van der Waals surface area (Å²) in [6.45, 7) is 3.74. The highest BCUT2D eigenvalue weighted by molar-refractivity contribution is 5.42. The zero-order valence-corrected chi connectivity index (χ0v) is 13.8. The molecule has 1 aromatic heterocycles. The fourth-order valence-corrected chi connectivity index (χ4v) is 3.37. The molecule has 8 nitrogen and oxygen atoms in total. The van der Waals surface area contributed by atoms with Gasteiger partial charge in [0.2, 0.25) is 0 Å². The summed E-state index contributed by atoms with van der Waals surface area (Å²) in [5, 5.41) is 22.9. The Morgan fingerprint density at radius 3 is 2.83 bits per heavy atom. The predicted octanol–water partition coefficient (Wildman–Crippen LogP) is 2.73. The molecule has 0 atom stereocenters. The molecular formula is C16H22N6O2. The number of hydrogen-bond acceptors (Lipinski definition) is 6. The highest BCUT2D eigenvalue weighted by Crippen LogP contribution is 2.24. The highest BCUT2D eigenvalue weighted by Gasteiger charge is 2.22. The minimum atomic E-state index is -0.409. The van der Waals surface area contributed by atoms with Crippen LogP contribution in [0.2, 0.25) is 0 Å². The van der Waals surface area contributed by atoms with Gasteiger partial charge in [0.15, 0.2) is 5.82 Å². The summed E-state index contributed by atoms with van der Waals surface area (Å²) >= 11 is 0. The molecule has 8 heteroatoms. The molecule has 0 amide bonds. The van der Waals surface area contributed by atoms with E-state index in [-0.39, 0.29) is 5.69 Å². The van der Waals surface area contributed by atoms with Crippen molar-refractivity contribution >= 4 is 5.69 Å². The van der Waals surface area contributed by atoms with Crippen LogP contribution in [-0.4, -0.2) is 42.6 Å². The number of non-ortho nitro benzene ring substituents is 1. The molecule has 3 rings (SSSR count). The average Bonchev–Trinajstić information content (AvgIpc) is 3.08. The van der Waals surface area contributed by atoms with E-state index in [1.165, 1.54) is 44.2 Å². The van der Waals surface area contributed by atoms with Crippen molar-refractivity contribution in [3.8, 4) is 5.69 Å². The summed E-state index contributed by atoms with van der Waals surface area (Å²) < 4.78 is 1.60. The molecule has 24 heavy (non-hydrogen) atoms. The van der Waals surface area contributed by atoms with Gasteiger partial charge in [-0.3, -0.25) is 15.0 Å². The van der Waals surface area contributed by atoms with E-state index in [0.717, 1.165) is 6.54 Å². The molecule has 1 aromatic carbocycles. The Balaban J connectivity index is 1.82. The minimum Gasteiger partial charge on any atom is -0.293 e. The van der Waals surface area contributed by atoms with Crippen molar-refractivity contribution in [3.05, 3.63) is 40.2 Å². The number of tetrazole rings is 1. The Hall–Kier alpha value is -2.35. The molecule has 0 saturated heterocycles. The van der Waals surface area contributed by atoms with E-state index in [9.17, 15) is 10.1 Å². The molecule has 1 aliphatic carbocycles. The van der Waals surface area contributed by atoms with Crippen LogP contribution in [0.25, 0.3) is 5.69 Å². The normalized spacial score (nSPS) is 15.8. The van der Waals surface area contributed by atoms with Crippen molar-refractivity contribution in [1.82, 2.24) is 25.1 Å². The van der Waals surface area contributed by atoms with E-state index in [0.29, 0.717) is 24.1 Å². The molecule has 0 aliphatic heterocycles. The van der Waals surface area contributed by atoms with Gasteiger partial charge < -0.3 is 0 Å². The molecule has 0 unspecified atom stereocenters. The third-order valence-corrected chi connectivity index (χ3v) is 4.66. The van der Waals surface area contributed by atoms with Crippen LogP contribution in [0, 0.1) is 10.1 Å². The quantitative estimate of drug-likeness (QED) is 0.597. The van der Waals surface area contributed by atoms with Crippen LogP contribution in [0.15, 0.2) is 24.3 Å². The second-order valence-electron chi connectivity index (χ2n) is 6.14. The van der Waals surface area contributed by atoms with Gasteiger partial charge in [0.1, 0.15) is 0 Å². The predicted molar refractivity (Wildman–Crippen MR) is 88.8 cm³/mol. The zero-order valence-electron chi connectivity index (χ0n) is 13.8. The van der Waals surface area contributed by atoms with Gasteiger partial charge in [-0.2, -0.15) is 4.68 Å². The van der Waals surface area contributed by atoms with Crippen molar-refractivity contribution in [3.63, 3.8) is 0 Å². The lowest BCUT2D eigenvalue weighted by molar-refractivity contribution is -0.384. The van der Waals surface area contributed by atoms with Crippen LogP contribution in [-0.2, 0) is 6.54 Å². The number of hydrogen-bond donors (Lipinski definition) is 0. The summed E-state index contributed by atoms with van der Waals surface area (Å²) in [6.07, 6.45) is 6.30. The van der Waals surface area contributed by atoms with Crippen LogP contribution >= 0.6 is 0 Å². The minimum absolute atomic E-state index is 0.0357. The molecule has 1 heterocycles. The Kier molecular flexibility index (Phi) is 5.14. The molecule has 1 saturated carbocycles. The number of nitrogens with zero attached hydrogens (tertiary/aromatic N) is 6. The van der Waals surface area contributed by atoms with Crippen LogP contribution in [0.4, 0.5) is 5.69 Å². The van der Waals surface area contributed by atoms with E-state index >= 15 is 0 Å². The van der Waals surface area contributed by atoms with E-state index < -0.39 is 4.92 Å². The van der Waals surface area contributed by atoms with Gasteiger partial charge in [-0.25, -0.2) is 0 Å². The molecule has 0 bridgehead atoms. The van der Waals surface area contributed by atoms with Crippen molar-refractivity contribution < 1.29 is 4.92 Å². The molecule has 1 fully saturated rings. The lowest BCUT2D eigenvalue weighted by Crippen LogP contribution is -2.36. The third-order valence-electron chi connectivity index (χ3n) is 4.66. The lowest BCUT2D eigenvalue weighted by atomic mass is 9.94. The standard InChI is InChI=1S/C16H22N6O2/c1-2-20(13-7-4-3-5-8-13)12-16-17-18-19-21(16)14-9-6-10-15(11-14)22(23)24/h6,9-11,13H,2-5,7-8,12H2,1H3. The van der Waals surface area contributed by atoms with Gasteiger partial charge in [0.05, 0.1) is 17.2 Å². The van der Waals surface area contributed by atoms with E-state index in [4.69, 9.17) is 0 Å². The van der Waals surface area contributed by atoms with Gasteiger partial charge >= 0.3 is 0 Å². The number of nitro benzene ring substituents is 1. The van der Waals surface area contributed by atoms with Gasteiger partial charge in [0, 0.05) is 18.2 Å². The summed E-state index contributed by atoms with van der Waals surface area (Å²) in [5.74, 6) is 0.711. The van der Waals surface area contributed by atoms with Crippen LogP contribution in [0.1, 0.15) is 44.9 Å². The fraction of sp³-hybridized carbons (Fsp3) is 0.562. The first-order chi connectivity index (χ1) is 11.7. The maximum absolute atomic E-state index is 11.0. The maximum atomic E-state index is 11.0. The molecule has 0 N–H and O–H groups in total. The number of nitro groups is 1.